The Morgan fingerprint density at radius 3 is 3.05 bits per heavy atom. The van der Waals surface area contributed by atoms with E-state index in [2.05, 4.69) is 10.1 Å². The molecule has 1 aromatic heterocycles. The summed E-state index contributed by atoms with van der Waals surface area (Å²) < 4.78 is 5.27. The van der Waals surface area contributed by atoms with E-state index in [0.29, 0.717) is 17.5 Å². The van der Waals surface area contributed by atoms with E-state index in [1.807, 2.05) is 24.3 Å². The highest BCUT2D eigenvalue weighted by molar-refractivity contribution is 7.98. The molecular weight excluding hydrogens is 296 g/mol. The topological polar surface area (TPSA) is 59.2 Å². The molecule has 1 aliphatic carbocycles. The minimum atomic E-state index is -0.344. The highest BCUT2D eigenvalue weighted by Gasteiger charge is 2.31. The molecule has 6 heteroatoms. The van der Waals surface area contributed by atoms with Gasteiger partial charge in [0.25, 0.3) is 0 Å². The van der Waals surface area contributed by atoms with Crippen LogP contribution in [0.1, 0.15) is 36.9 Å². The highest BCUT2D eigenvalue weighted by atomic mass is 35.5. The van der Waals surface area contributed by atoms with Crippen LogP contribution >= 0.6 is 23.4 Å². The van der Waals surface area contributed by atoms with E-state index in [1.165, 1.54) is 0 Å². The maximum atomic E-state index is 9.84. The Kier molecular flexibility index (Phi) is 4.29. The summed E-state index contributed by atoms with van der Waals surface area (Å²) in [5.74, 6) is 1.86. The molecule has 106 valence electrons. The summed E-state index contributed by atoms with van der Waals surface area (Å²) in [6.45, 7) is 0. The van der Waals surface area contributed by atoms with Crippen LogP contribution < -0.4 is 0 Å². The van der Waals surface area contributed by atoms with Gasteiger partial charge in [0.15, 0.2) is 5.82 Å². The fraction of sp³-hybridized carbons (Fsp3) is 0.429. The first-order valence-corrected chi connectivity index (χ1v) is 7.97. The third kappa shape index (κ3) is 3.16. The van der Waals surface area contributed by atoms with E-state index in [1.54, 1.807) is 11.8 Å². The monoisotopic (exact) mass is 310 g/mol. The fourth-order valence-electron chi connectivity index (χ4n) is 2.41. The Morgan fingerprint density at radius 2 is 2.30 bits per heavy atom. The summed E-state index contributed by atoms with van der Waals surface area (Å²) in [5.41, 5.74) is 0. The molecule has 2 atom stereocenters. The standard InChI is InChI=1S/C14H15ClN2O2S/c15-9-3-1-4-10(7-9)20-8-13-16-14(19-17-13)11-5-2-6-12(11)18/h1,3-4,7,11-12,18H,2,5-6,8H2. The Bertz CT molecular complexity index is 590. The van der Waals surface area contributed by atoms with E-state index in [0.717, 1.165) is 29.2 Å². The van der Waals surface area contributed by atoms with Gasteiger partial charge in [-0.2, -0.15) is 4.98 Å². The lowest BCUT2D eigenvalue weighted by Gasteiger charge is -2.07. The van der Waals surface area contributed by atoms with Crippen molar-refractivity contribution in [2.75, 3.05) is 0 Å². The van der Waals surface area contributed by atoms with Gasteiger partial charge >= 0.3 is 0 Å². The third-order valence-electron chi connectivity index (χ3n) is 3.44. The first-order valence-electron chi connectivity index (χ1n) is 6.61. The molecule has 0 aliphatic heterocycles. The molecule has 0 saturated heterocycles. The van der Waals surface area contributed by atoms with Crippen LogP contribution in [0.15, 0.2) is 33.7 Å². The second-order valence-corrected chi connectivity index (χ2v) is 6.38. The fourth-order valence-corrected chi connectivity index (χ4v) is 3.46. The van der Waals surface area contributed by atoms with Gasteiger partial charge in [0.1, 0.15) is 0 Å². The molecule has 1 N–H and O–H groups in total. The first-order chi connectivity index (χ1) is 9.72. The molecule has 4 nitrogen and oxygen atoms in total. The lowest BCUT2D eigenvalue weighted by molar-refractivity contribution is 0.148. The average Bonchev–Trinajstić information content (AvgIpc) is 3.05. The minimum Gasteiger partial charge on any atom is -0.392 e. The van der Waals surface area contributed by atoms with Gasteiger partial charge in [0.2, 0.25) is 5.89 Å². The first kappa shape index (κ1) is 13.9. The largest absolute Gasteiger partial charge is 0.392 e. The van der Waals surface area contributed by atoms with Crippen molar-refractivity contribution >= 4 is 23.4 Å². The van der Waals surface area contributed by atoms with Gasteiger partial charge in [-0.15, -0.1) is 11.8 Å². The van der Waals surface area contributed by atoms with Crippen molar-refractivity contribution < 1.29 is 9.63 Å². The summed E-state index contributed by atoms with van der Waals surface area (Å²) in [5, 5.41) is 14.5. The van der Waals surface area contributed by atoms with Crippen molar-refractivity contribution in [1.82, 2.24) is 10.1 Å². The van der Waals surface area contributed by atoms with Crippen LogP contribution in [0.4, 0.5) is 0 Å². The lowest BCUT2D eigenvalue weighted by atomic mass is 10.1. The number of aliphatic hydroxyl groups excluding tert-OH is 1. The van der Waals surface area contributed by atoms with Crippen molar-refractivity contribution in [3.05, 3.63) is 41.0 Å². The van der Waals surface area contributed by atoms with Crippen LogP contribution in [-0.4, -0.2) is 21.4 Å². The van der Waals surface area contributed by atoms with E-state index in [9.17, 15) is 5.11 Å². The number of benzene rings is 1. The Labute approximate surface area is 126 Å². The van der Waals surface area contributed by atoms with Gasteiger partial charge in [-0.25, -0.2) is 0 Å². The molecule has 1 fully saturated rings. The number of nitrogens with zero attached hydrogens (tertiary/aromatic N) is 2. The van der Waals surface area contributed by atoms with Crippen LogP contribution in [-0.2, 0) is 5.75 Å². The molecule has 20 heavy (non-hydrogen) atoms. The molecule has 2 unspecified atom stereocenters. The quantitative estimate of drug-likeness (QED) is 0.874. The molecule has 1 aliphatic rings. The van der Waals surface area contributed by atoms with Crippen LogP contribution in [0.5, 0.6) is 0 Å². The summed E-state index contributed by atoms with van der Waals surface area (Å²) in [4.78, 5) is 5.46. The summed E-state index contributed by atoms with van der Waals surface area (Å²) in [7, 11) is 0. The van der Waals surface area contributed by atoms with E-state index in [4.69, 9.17) is 16.1 Å². The number of aliphatic hydroxyl groups is 1. The van der Waals surface area contributed by atoms with Gasteiger partial charge in [-0.3, -0.25) is 0 Å². The second kappa shape index (κ2) is 6.16. The molecule has 0 radical (unpaired) electrons. The van der Waals surface area contributed by atoms with Crippen LogP contribution in [0.2, 0.25) is 5.02 Å². The zero-order valence-corrected chi connectivity index (χ0v) is 12.4. The molecule has 1 saturated carbocycles. The van der Waals surface area contributed by atoms with E-state index in [-0.39, 0.29) is 12.0 Å². The Hall–Kier alpha value is -1.04. The van der Waals surface area contributed by atoms with E-state index < -0.39 is 0 Å². The van der Waals surface area contributed by atoms with Gasteiger partial charge < -0.3 is 9.63 Å². The maximum Gasteiger partial charge on any atom is 0.232 e. The number of hydrogen-bond acceptors (Lipinski definition) is 5. The summed E-state index contributed by atoms with van der Waals surface area (Å²) >= 11 is 7.55. The van der Waals surface area contributed by atoms with Crippen molar-refractivity contribution in [3.8, 4) is 0 Å². The normalized spacial score (nSPS) is 22.3. The van der Waals surface area contributed by atoms with Crippen LogP contribution in [0.3, 0.4) is 0 Å². The molecule has 0 amide bonds. The third-order valence-corrected chi connectivity index (χ3v) is 4.67. The molecule has 1 heterocycles. The van der Waals surface area contributed by atoms with Gasteiger partial charge in [0, 0.05) is 9.92 Å². The zero-order chi connectivity index (χ0) is 13.9. The highest BCUT2D eigenvalue weighted by Crippen LogP contribution is 2.34. The predicted octanol–water partition coefficient (Wildman–Crippen LogP) is 3.64. The predicted molar refractivity (Wildman–Crippen MR) is 77.9 cm³/mol. The van der Waals surface area contributed by atoms with Crippen molar-refractivity contribution in [1.29, 1.82) is 0 Å². The number of halogens is 1. The van der Waals surface area contributed by atoms with Crippen molar-refractivity contribution in [2.24, 2.45) is 0 Å². The molecular formula is C14H15ClN2O2S. The van der Waals surface area contributed by atoms with Crippen LogP contribution in [0, 0.1) is 0 Å². The Balaban J connectivity index is 1.63. The maximum absolute atomic E-state index is 9.84. The zero-order valence-electron chi connectivity index (χ0n) is 10.8. The molecule has 0 bridgehead atoms. The van der Waals surface area contributed by atoms with Gasteiger partial charge in [0.05, 0.1) is 17.8 Å². The average molecular weight is 311 g/mol. The minimum absolute atomic E-state index is 0.00687. The summed E-state index contributed by atoms with van der Waals surface area (Å²) in [6.07, 6.45) is 2.41. The number of rotatable bonds is 4. The molecule has 2 aromatic rings. The van der Waals surface area contributed by atoms with Gasteiger partial charge in [-0.05, 0) is 37.5 Å². The number of aromatic nitrogens is 2. The molecule has 0 spiro atoms. The van der Waals surface area contributed by atoms with Gasteiger partial charge in [-0.1, -0.05) is 22.8 Å². The molecule has 1 aromatic carbocycles. The lowest BCUT2D eigenvalue weighted by Crippen LogP contribution is -2.11. The number of thioether (sulfide) groups is 1. The molecule has 3 rings (SSSR count). The number of hydrogen-bond donors (Lipinski definition) is 1. The van der Waals surface area contributed by atoms with E-state index >= 15 is 0 Å². The van der Waals surface area contributed by atoms with Crippen molar-refractivity contribution in [2.45, 2.75) is 41.9 Å². The Morgan fingerprint density at radius 1 is 1.40 bits per heavy atom. The van der Waals surface area contributed by atoms with Crippen molar-refractivity contribution in [3.63, 3.8) is 0 Å². The SMILES string of the molecule is OC1CCCC1c1nc(CSc2cccc(Cl)c2)no1. The smallest absolute Gasteiger partial charge is 0.232 e. The summed E-state index contributed by atoms with van der Waals surface area (Å²) in [6, 6.07) is 7.67. The van der Waals surface area contributed by atoms with Crippen LogP contribution in [0.25, 0.3) is 0 Å². The second-order valence-electron chi connectivity index (χ2n) is 4.90.